The van der Waals surface area contributed by atoms with Gasteiger partial charge in [0.2, 0.25) is 11.8 Å². The molecular formula is C18H30N2O2. The molecule has 0 aromatic rings. The molecule has 0 aromatic heterocycles. The second-order valence-corrected chi connectivity index (χ2v) is 7.80. The Hall–Kier alpha value is -1.32. The fourth-order valence-corrected chi connectivity index (χ4v) is 4.47. The lowest BCUT2D eigenvalue weighted by atomic mass is 9.63. The number of carbonyl (C=O) groups is 2. The van der Waals surface area contributed by atoms with E-state index < -0.39 is 0 Å². The van der Waals surface area contributed by atoms with Crippen molar-refractivity contribution in [2.24, 2.45) is 29.1 Å². The molecule has 4 nitrogen and oxygen atoms in total. The smallest absolute Gasteiger partial charge is 0.226 e. The minimum Gasteiger partial charge on any atom is -0.349 e. The molecule has 22 heavy (non-hydrogen) atoms. The van der Waals surface area contributed by atoms with Crippen molar-refractivity contribution in [3.8, 4) is 0 Å². The molecule has 2 aliphatic carbocycles. The van der Waals surface area contributed by atoms with Gasteiger partial charge in [0.05, 0.1) is 5.92 Å². The molecule has 124 valence electrons. The molecule has 0 N–H and O–H groups in total. The van der Waals surface area contributed by atoms with E-state index in [9.17, 15) is 9.59 Å². The lowest BCUT2D eigenvalue weighted by Crippen LogP contribution is -2.45. The Balaban J connectivity index is 2.37. The second kappa shape index (κ2) is 6.05. The van der Waals surface area contributed by atoms with Gasteiger partial charge in [0.25, 0.3) is 0 Å². The summed E-state index contributed by atoms with van der Waals surface area (Å²) >= 11 is 0. The Bertz CT molecular complexity index is 481. The summed E-state index contributed by atoms with van der Waals surface area (Å²) in [5.41, 5.74) is -0.133. The Morgan fingerprint density at radius 2 is 1.82 bits per heavy atom. The fourth-order valence-electron chi connectivity index (χ4n) is 4.47. The van der Waals surface area contributed by atoms with Gasteiger partial charge in [-0.1, -0.05) is 26.0 Å². The van der Waals surface area contributed by atoms with Gasteiger partial charge in [-0.25, -0.2) is 0 Å². The van der Waals surface area contributed by atoms with Crippen molar-refractivity contribution in [2.45, 2.75) is 33.1 Å². The zero-order valence-electron chi connectivity index (χ0n) is 14.8. The first kappa shape index (κ1) is 17.0. The molecule has 0 spiro atoms. The van der Waals surface area contributed by atoms with Gasteiger partial charge in [-0.05, 0) is 30.6 Å². The molecule has 1 saturated carbocycles. The number of hydrogen-bond donors (Lipinski definition) is 0. The van der Waals surface area contributed by atoms with Gasteiger partial charge in [-0.2, -0.15) is 0 Å². The number of fused-ring (bicyclic) bond motifs is 2. The lowest BCUT2D eigenvalue weighted by molar-refractivity contribution is -0.143. The minimum atomic E-state index is -0.242. The van der Waals surface area contributed by atoms with E-state index in [1.807, 2.05) is 0 Å². The van der Waals surface area contributed by atoms with Crippen molar-refractivity contribution in [1.29, 1.82) is 0 Å². The van der Waals surface area contributed by atoms with Gasteiger partial charge < -0.3 is 9.80 Å². The van der Waals surface area contributed by atoms with E-state index in [1.165, 1.54) is 0 Å². The minimum absolute atomic E-state index is 0.0424. The van der Waals surface area contributed by atoms with Crippen molar-refractivity contribution in [1.82, 2.24) is 9.80 Å². The maximum atomic E-state index is 12.9. The van der Waals surface area contributed by atoms with Crippen molar-refractivity contribution in [3.05, 3.63) is 12.2 Å². The van der Waals surface area contributed by atoms with Crippen molar-refractivity contribution >= 4 is 11.8 Å². The highest BCUT2D eigenvalue weighted by atomic mass is 16.2. The summed E-state index contributed by atoms with van der Waals surface area (Å²) in [7, 11) is 7.11. The molecule has 1 fully saturated rings. The van der Waals surface area contributed by atoms with Crippen molar-refractivity contribution in [3.63, 3.8) is 0 Å². The molecule has 4 heteroatoms. The monoisotopic (exact) mass is 306 g/mol. The van der Waals surface area contributed by atoms with Crippen LogP contribution in [0.25, 0.3) is 0 Å². The van der Waals surface area contributed by atoms with E-state index in [4.69, 9.17) is 0 Å². The van der Waals surface area contributed by atoms with Crippen molar-refractivity contribution < 1.29 is 9.59 Å². The van der Waals surface area contributed by atoms with Gasteiger partial charge in [-0.3, -0.25) is 9.59 Å². The molecular weight excluding hydrogens is 276 g/mol. The molecule has 0 aliphatic heterocycles. The predicted molar refractivity (Wildman–Crippen MR) is 88.1 cm³/mol. The Morgan fingerprint density at radius 3 is 2.27 bits per heavy atom. The first-order valence-corrected chi connectivity index (χ1v) is 8.29. The van der Waals surface area contributed by atoms with Crippen LogP contribution in [-0.4, -0.2) is 49.8 Å². The number of rotatable bonds is 5. The van der Waals surface area contributed by atoms with Gasteiger partial charge >= 0.3 is 0 Å². The third kappa shape index (κ3) is 2.80. The first-order valence-electron chi connectivity index (χ1n) is 8.29. The largest absolute Gasteiger partial charge is 0.349 e. The molecule has 2 bridgehead atoms. The number of nitrogens with zero attached hydrogens (tertiary/aromatic N) is 2. The summed E-state index contributed by atoms with van der Waals surface area (Å²) in [5.74, 6) is 1.50. The zero-order chi connectivity index (χ0) is 16.7. The summed E-state index contributed by atoms with van der Waals surface area (Å²) in [5, 5.41) is 0. The number of amides is 2. The van der Waals surface area contributed by atoms with Crippen LogP contribution in [-0.2, 0) is 9.59 Å². The van der Waals surface area contributed by atoms with E-state index in [1.54, 1.807) is 38.0 Å². The summed E-state index contributed by atoms with van der Waals surface area (Å²) < 4.78 is 0. The molecule has 2 aliphatic rings. The maximum absolute atomic E-state index is 12.9. The summed E-state index contributed by atoms with van der Waals surface area (Å²) in [6, 6.07) is 0. The van der Waals surface area contributed by atoms with Crippen LogP contribution in [0, 0.1) is 29.1 Å². The normalized spacial score (nSPS) is 30.7. The van der Waals surface area contributed by atoms with Crippen LogP contribution in [0.15, 0.2) is 12.2 Å². The Labute approximate surface area is 134 Å². The maximum Gasteiger partial charge on any atom is 0.226 e. The van der Waals surface area contributed by atoms with E-state index >= 15 is 0 Å². The summed E-state index contributed by atoms with van der Waals surface area (Å²) in [6.07, 6.45) is 7.03. The molecule has 0 aromatic carbocycles. The molecule has 4 unspecified atom stereocenters. The average Bonchev–Trinajstić information content (AvgIpc) is 3.02. The van der Waals surface area contributed by atoms with Crippen LogP contribution >= 0.6 is 0 Å². The predicted octanol–water partition coefficient (Wildman–Crippen LogP) is 2.41. The van der Waals surface area contributed by atoms with Crippen LogP contribution < -0.4 is 0 Å². The molecule has 2 amide bonds. The van der Waals surface area contributed by atoms with Crippen LogP contribution in [0.1, 0.15) is 33.1 Å². The second-order valence-electron chi connectivity index (χ2n) is 7.80. The third-order valence-corrected chi connectivity index (χ3v) is 5.61. The van der Waals surface area contributed by atoms with Crippen LogP contribution in [0.2, 0.25) is 0 Å². The van der Waals surface area contributed by atoms with Crippen LogP contribution in [0.5, 0.6) is 0 Å². The standard InChI is InChI=1S/C18H30N2O2/c1-12(2)14-9-13-7-8-18(14,11-13)15(17(22)20(5)6)10-16(21)19(3)4/h7-8,12-15H,9-11H2,1-6H3. The highest BCUT2D eigenvalue weighted by Crippen LogP contribution is 2.60. The molecule has 0 saturated heterocycles. The summed E-state index contributed by atoms with van der Waals surface area (Å²) in [4.78, 5) is 28.4. The van der Waals surface area contributed by atoms with Gasteiger partial charge in [0.1, 0.15) is 0 Å². The lowest BCUT2D eigenvalue weighted by Gasteiger charge is -2.42. The Kier molecular flexibility index (Phi) is 4.69. The first-order chi connectivity index (χ1) is 10.2. The number of hydrogen-bond acceptors (Lipinski definition) is 2. The van der Waals surface area contributed by atoms with E-state index in [0.717, 1.165) is 12.8 Å². The van der Waals surface area contributed by atoms with Gasteiger partial charge in [0.15, 0.2) is 0 Å². The summed E-state index contributed by atoms with van der Waals surface area (Å²) in [6.45, 7) is 4.48. The topological polar surface area (TPSA) is 40.6 Å². The van der Waals surface area contributed by atoms with Crippen LogP contribution in [0.3, 0.4) is 0 Å². The van der Waals surface area contributed by atoms with Gasteiger partial charge in [-0.15, -0.1) is 0 Å². The average molecular weight is 306 g/mol. The highest BCUT2D eigenvalue weighted by molar-refractivity contribution is 5.86. The van der Waals surface area contributed by atoms with E-state index in [-0.39, 0.29) is 23.1 Å². The number of carbonyl (C=O) groups excluding carboxylic acids is 2. The zero-order valence-corrected chi connectivity index (χ0v) is 14.8. The fraction of sp³-hybridized carbons (Fsp3) is 0.778. The number of allylic oxidation sites excluding steroid dienone is 2. The molecule has 0 heterocycles. The van der Waals surface area contributed by atoms with Crippen LogP contribution in [0.4, 0.5) is 0 Å². The van der Waals surface area contributed by atoms with Crippen molar-refractivity contribution in [2.75, 3.05) is 28.2 Å². The third-order valence-electron chi connectivity index (χ3n) is 5.61. The quantitative estimate of drug-likeness (QED) is 0.732. The van der Waals surface area contributed by atoms with E-state index in [0.29, 0.717) is 24.2 Å². The molecule has 0 radical (unpaired) electrons. The highest BCUT2D eigenvalue weighted by Gasteiger charge is 2.56. The molecule has 2 rings (SSSR count). The molecule has 4 atom stereocenters. The van der Waals surface area contributed by atoms with E-state index in [2.05, 4.69) is 26.0 Å². The van der Waals surface area contributed by atoms with Gasteiger partial charge in [0, 0.05) is 40.0 Å². The SMILES string of the molecule is CC(C)C1CC2C=CC1(C(CC(=O)N(C)C)C(=O)N(C)C)C2. The Morgan fingerprint density at radius 1 is 1.18 bits per heavy atom.